The van der Waals surface area contributed by atoms with E-state index in [4.69, 9.17) is 21.5 Å². The van der Waals surface area contributed by atoms with E-state index >= 15 is 0 Å². The largest absolute Gasteiger partial charge is 0.496 e. The van der Waals surface area contributed by atoms with Crippen LogP contribution in [-0.2, 0) is 12.0 Å². The van der Waals surface area contributed by atoms with Gasteiger partial charge in [-0.1, -0.05) is 32.4 Å². The number of methoxy groups -OCH3 is 1. The van der Waals surface area contributed by atoms with Gasteiger partial charge in [-0.2, -0.15) is 0 Å². The second-order valence-electron chi connectivity index (χ2n) is 4.73. The van der Waals surface area contributed by atoms with Crippen molar-refractivity contribution in [2.24, 2.45) is 0 Å². The molecule has 1 rings (SSSR count). The summed E-state index contributed by atoms with van der Waals surface area (Å²) in [5.74, 6) is 0.776. The highest BCUT2D eigenvalue weighted by atomic mass is 35.5. The minimum absolute atomic E-state index is 0.0551. The monoisotopic (exact) mass is 243 g/mol. The second kappa shape index (κ2) is 5.04. The Hall–Kier alpha value is -0.770. The maximum absolute atomic E-state index is 8.78. The minimum atomic E-state index is -0.0551. The van der Waals surface area contributed by atoms with Crippen LogP contribution in [0.5, 0.6) is 5.75 Å². The average Bonchev–Trinajstić information content (AvgIpc) is 2.16. The lowest BCUT2D eigenvalue weighted by Gasteiger charge is -2.24. The first-order valence-electron chi connectivity index (χ1n) is 5.14. The summed E-state index contributed by atoms with van der Waals surface area (Å²) in [7, 11) is 1.62. The Morgan fingerprint density at radius 2 is 2.00 bits per heavy atom. The number of benzene rings is 1. The number of hydroxylamine groups is 1. The molecule has 3 nitrogen and oxygen atoms in total. The molecule has 0 saturated carbocycles. The van der Waals surface area contributed by atoms with E-state index in [1.54, 1.807) is 13.2 Å². The standard InChI is InChI=1S/C12H18ClNO2/c1-12(2,3)10-6-9(13)5-8(7-14-15)11(10)16-4/h5-6,14-15H,7H2,1-4H3. The summed E-state index contributed by atoms with van der Waals surface area (Å²) in [5, 5.41) is 9.42. The van der Waals surface area contributed by atoms with Gasteiger partial charge in [0.05, 0.1) is 7.11 Å². The third-order valence-corrected chi connectivity index (χ3v) is 2.63. The van der Waals surface area contributed by atoms with E-state index in [1.165, 1.54) is 0 Å². The molecule has 2 N–H and O–H groups in total. The summed E-state index contributed by atoms with van der Waals surface area (Å²) < 4.78 is 5.40. The van der Waals surface area contributed by atoms with Crippen LogP contribution in [0, 0.1) is 0 Å². The maximum atomic E-state index is 8.78. The first-order valence-corrected chi connectivity index (χ1v) is 5.51. The first-order chi connectivity index (χ1) is 7.40. The van der Waals surface area contributed by atoms with Gasteiger partial charge in [0, 0.05) is 22.7 Å². The zero-order chi connectivity index (χ0) is 12.3. The predicted molar refractivity (Wildman–Crippen MR) is 65.3 cm³/mol. The molecule has 1 aromatic carbocycles. The van der Waals surface area contributed by atoms with Crippen molar-refractivity contribution >= 4 is 11.6 Å². The molecule has 1 aromatic rings. The number of rotatable bonds is 3. The number of halogens is 1. The molecule has 0 atom stereocenters. The summed E-state index contributed by atoms with van der Waals surface area (Å²) in [4.78, 5) is 0. The zero-order valence-corrected chi connectivity index (χ0v) is 10.9. The highest BCUT2D eigenvalue weighted by molar-refractivity contribution is 6.30. The quantitative estimate of drug-likeness (QED) is 0.802. The summed E-state index contributed by atoms with van der Waals surface area (Å²) in [6, 6.07) is 3.69. The summed E-state index contributed by atoms with van der Waals surface area (Å²) in [5.41, 5.74) is 3.96. The van der Waals surface area contributed by atoms with Gasteiger partial charge in [-0.3, -0.25) is 0 Å². The van der Waals surface area contributed by atoms with Crippen LogP contribution in [0.15, 0.2) is 12.1 Å². The molecule has 4 heteroatoms. The van der Waals surface area contributed by atoms with Gasteiger partial charge in [0.15, 0.2) is 0 Å². The lowest BCUT2D eigenvalue weighted by atomic mass is 9.85. The SMILES string of the molecule is COc1c(CNO)cc(Cl)cc1C(C)(C)C. The van der Waals surface area contributed by atoms with Crippen molar-refractivity contribution in [3.05, 3.63) is 28.3 Å². The van der Waals surface area contributed by atoms with E-state index in [2.05, 4.69) is 26.3 Å². The molecule has 0 spiro atoms. The fraction of sp³-hybridized carbons (Fsp3) is 0.500. The Morgan fingerprint density at radius 1 is 1.38 bits per heavy atom. The van der Waals surface area contributed by atoms with E-state index in [0.717, 1.165) is 16.9 Å². The topological polar surface area (TPSA) is 41.5 Å². The van der Waals surface area contributed by atoms with Crippen molar-refractivity contribution in [1.29, 1.82) is 0 Å². The number of nitrogens with one attached hydrogen (secondary N) is 1. The third kappa shape index (κ3) is 2.88. The minimum Gasteiger partial charge on any atom is -0.496 e. The predicted octanol–water partition coefficient (Wildman–Crippen LogP) is 3.12. The third-order valence-electron chi connectivity index (χ3n) is 2.41. The number of hydrogen-bond acceptors (Lipinski definition) is 3. The Morgan fingerprint density at radius 3 is 2.44 bits per heavy atom. The summed E-state index contributed by atoms with van der Waals surface area (Å²) in [6.45, 7) is 6.60. The van der Waals surface area contributed by atoms with Crippen LogP contribution in [0.1, 0.15) is 31.9 Å². The molecule has 0 fully saturated rings. The van der Waals surface area contributed by atoms with Crippen LogP contribution in [0.4, 0.5) is 0 Å². The van der Waals surface area contributed by atoms with E-state index in [1.807, 2.05) is 6.07 Å². The van der Waals surface area contributed by atoms with Gasteiger partial charge in [0.25, 0.3) is 0 Å². The molecule has 0 amide bonds. The van der Waals surface area contributed by atoms with Crippen LogP contribution < -0.4 is 10.2 Å². The van der Waals surface area contributed by atoms with Crippen LogP contribution in [0.2, 0.25) is 5.02 Å². The van der Waals surface area contributed by atoms with Crippen molar-refractivity contribution in [3.8, 4) is 5.75 Å². The van der Waals surface area contributed by atoms with Gasteiger partial charge in [0.2, 0.25) is 0 Å². The Labute approximate surface area is 101 Å². The van der Waals surface area contributed by atoms with E-state index < -0.39 is 0 Å². The molecule has 0 aliphatic heterocycles. The number of ether oxygens (including phenoxy) is 1. The lowest BCUT2D eigenvalue weighted by Crippen LogP contribution is -2.16. The van der Waals surface area contributed by atoms with Gasteiger partial charge in [0.1, 0.15) is 5.75 Å². The molecule has 0 aromatic heterocycles. The Balaban J connectivity index is 3.36. The summed E-state index contributed by atoms with van der Waals surface area (Å²) in [6.07, 6.45) is 0. The molecule has 0 unspecified atom stereocenters. The van der Waals surface area contributed by atoms with Crippen molar-refractivity contribution in [3.63, 3.8) is 0 Å². The van der Waals surface area contributed by atoms with Gasteiger partial charge in [-0.05, 0) is 17.5 Å². The molecule has 16 heavy (non-hydrogen) atoms. The van der Waals surface area contributed by atoms with Crippen LogP contribution in [-0.4, -0.2) is 12.3 Å². The van der Waals surface area contributed by atoms with Crippen molar-refractivity contribution in [2.45, 2.75) is 32.7 Å². The molecule has 90 valence electrons. The first kappa shape index (κ1) is 13.3. The Kier molecular flexibility index (Phi) is 4.19. The van der Waals surface area contributed by atoms with Crippen LogP contribution in [0.3, 0.4) is 0 Å². The van der Waals surface area contributed by atoms with Crippen LogP contribution in [0.25, 0.3) is 0 Å². The highest BCUT2D eigenvalue weighted by Gasteiger charge is 2.21. The smallest absolute Gasteiger partial charge is 0.127 e. The molecule has 0 heterocycles. The van der Waals surface area contributed by atoms with Crippen molar-refractivity contribution in [2.75, 3.05) is 7.11 Å². The maximum Gasteiger partial charge on any atom is 0.127 e. The molecule has 0 bridgehead atoms. The molecule has 0 saturated heterocycles. The van der Waals surface area contributed by atoms with Crippen molar-refractivity contribution < 1.29 is 9.94 Å². The van der Waals surface area contributed by atoms with Gasteiger partial charge in [-0.15, -0.1) is 0 Å². The van der Waals surface area contributed by atoms with Crippen LogP contribution >= 0.6 is 11.6 Å². The molecule has 0 aliphatic rings. The lowest BCUT2D eigenvalue weighted by molar-refractivity contribution is 0.160. The molecule has 0 radical (unpaired) electrons. The molecular formula is C12H18ClNO2. The normalized spacial score (nSPS) is 11.6. The van der Waals surface area contributed by atoms with E-state index in [0.29, 0.717) is 11.6 Å². The van der Waals surface area contributed by atoms with Gasteiger partial charge in [-0.25, -0.2) is 5.48 Å². The average molecular weight is 244 g/mol. The van der Waals surface area contributed by atoms with E-state index in [-0.39, 0.29) is 5.41 Å². The van der Waals surface area contributed by atoms with E-state index in [9.17, 15) is 0 Å². The fourth-order valence-electron chi connectivity index (χ4n) is 1.66. The fourth-order valence-corrected chi connectivity index (χ4v) is 1.91. The Bertz CT molecular complexity index is 372. The zero-order valence-electron chi connectivity index (χ0n) is 10.1. The second-order valence-corrected chi connectivity index (χ2v) is 5.17. The van der Waals surface area contributed by atoms with Gasteiger partial charge >= 0.3 is 0 Å². The summed E-state index contributed by atoms with van der Waals surface area (Å²) >= 11 is 6.06. The van der Waals surface area contributed by atoms with Crippen molar-refractivity contribution in [1.82, 2.24) is 5.48 Å². The number of hydrogen-bond donors (Lipinski definition) is 2. The van der Waals surface area contributed by atoms with Gasteiger partial charge < -0.3 is 9.94 Å². The highest BCUT2D eigenvalue weighted by Crippen LogP contribution is 2.36. The molecule has 0 aliphatic carbocycles. The molecular weight excluding hydrogens is 226 g/mol.